The number of nitrogens with one attached hydrogen (secondary N) is 1. The smallest absolute Gasteiger partial charge is 0.338 e. The summed E-state index contributed by atoms with van der Waals surface area (Å²) >= 11 is 6.01. The summed E-state index contributed by atoms with van der Waals surface area (Å²) in [5.74, 6) is -0.667. The van der Waals surface area contributed by atoms with E-state index in [4.69, 9.17) is 16.3 Å². The molecule has 23 heavy (non-hydrogen) atoms. The van der Waals surface area contributed by atoms with Crippen molar-refractivity contribution in [2.24, 2.45) is 0 Å². The molecule has 118 valence electrons. The van der Waals surface area contributed by atoms with Crippen molar-refractivity contribution < 1.29 is 14.3 Å². The van der Waals surface area contributed by atoms with E-state index in [1.54, 1.807) is 36.4 Å². The molecule has 1 N–H and O–H groups in total. The summed E-state index contributed by atoms with van der Waals surface area (Å²) in [6.07, 6.45) is 1.21. The van der Waals surface area contributed by atoms with Crippen molar-refractivity contribution in [3.8, 4) is 0 Å². The minimum absolute atomic E-state index is 0.121. The Labute approximate surface area is 139 Å². The van der Waals surface area contributed by atoms with Gasteiger partial charge < -0.3 is 10.1 Å². The molecule has 0 radical (unpaired) electrons. The minimum Gasteiger partial charge on any atom is -0.457 e. The zero-order chi connectivity index (χ0) is 16.7. The average Bonchev–Trinajstić information content (AvgIpc) is 2.59. The van der Waals surface area contributed by atoms with E-state index in [-0.39, 0.29) is 12.5 Å². The minimum atomic E-state index is -0.424. The SMILES string of the molecule is C=CC(=O)NCc1ccc(C(=O)OCc2ccccc2Cl)cc1. The second-order valence-corrected chi connectivity index (χ2v) is 5.19. The van der Waals surface area contributed by atoms with Crippen molar-refractivity contribution in [2.75, 3.05) is 0 Å². The molecule has 5 heteroatoms. The van der Waals surface area contributed by atoms with Crippen LogP contribution >= 0.6 is 11.6 Å². The Bertz CT molecular complexity index is 710. The van der Waals surface area contributed by atoms with Crippen molar-refractivity contribution in [1.82, 2.24) is 5.32 Å². The molecule has 0 saturated carbocycles. The molecule has 0 spiro atoms. The van der Waals surface area contributed by atoms with E-state index in [1.807, 2.05) is 12.1 Å². The highest BCUT2D eigenvalue weighted by Gasteiger charge is 2.08. The molecule has 0 aliphatic heterocycles. The number of esters is 1. The Balaban J connectivity index is 1.91. The number of carbonyl (C=O) groups is 2. The molecule has 0 atom stereocenters. The normalized spacial score (nSPS) is 9.96. The number of amides is 1. The van der Waals surface area contributed by atoms with E-state index >= 15 is 0 Å². The first-order valence-electron chi connectivity index (χ1n) is 7.00. The van der Waals surface area contributed by atoms with Gasteiger partial charge in [-0.15, -0.1) is 0 Å². The van der Waals surface area contributed by atoms with Gasteiger partial charge in [0.25, 0.3) is 0 Å². The molecule has 0 heterocycles. The van der Waals surface area contributed by atoms with Crippen molar-refractivity contribution >= 4 is 23.5 Å². The predicted octanol–water partition coefficient (Wildman–Crippen LogP) is 3.50. The van der Waals surface area contributed by atoms with E-state index in [9.17, 15) is 9.59 Å². The molecule has 0 aromatic heterocycles. The Hall–Kier alpha value is -2.59. The first-order chi connectivity index (χ1) is 11.1. The lowest BCUT2D eigenvalue weighted by Gasteiger charge is -2.07. The first-order valence-corrected chi connectivity index (χ1v) is 7.37. The molecular weight excluding hydrogens is 314 g/mol. The van der Waals surface area contributed by atoms with Gasteiger partial charge in [-0.25, -0.2) is 4.79 Å². The van der Waals surface area contributed by atoms with Gasteiger partial charge in [0.2, 0.25) is 5.91 Å². The van der Waals surface area contributed by atoms with Gasteiger partial charge in [-0.1, -0.05) is 48.5 Å². The maximum atomic E-state index is 12.0. The summed E-state index contributed by atoms with van der Waals surface area (Å²) in [5, 5.41) is 3.23. The molecule has 0 fully saturated rings. The summed E-state index contributed by atoms with van der Waals surface area (Å²) < 4.78 is 5.24. The van der Waals surface area contributed by atoms with E-state index in [0.29, 0.717) is 17.1 Å². The van der Waals surface area contributed by atoms with Crippen LogP contribution in [0, 0.1) is 0 Å². The van der Waals surface area contributed by atoms with Crippen LogP contribution in [0.15, 0.2) is 61.2 Å². The second kappa shape index (κ2) is 8.15. The van der Waals surface area contributed by atoms with Crippen LogP contribution in [-0.2, 0) is 22.7 Å². The quantitative estimate of drug-likeness (QED) is 0.652. The second-order valence-electron chi connectivity index (χ2n) is 4.79. The molecule has 2 rings (SSSR count). The summed E-state index contributed by atoms with van der Waals surface area (Å²) in [6, 6.07) is 14.0. The Morgan fingerprint density at radius 3 is 2.48 bits per heavy atom. The molecule has 0 saturated heterocycles. The van der Waals surface area contributed by atoms with Gasteiger partial charge >= 0.3 is 5.97 Å². The highest BCUT2D eigenvalue weighted by atomic mass is 35.5. The number of rotatable bonds is 6. The van der Waals surface area contributed by atoms with E-state index < -0.39 is 5.97 Å². The highest BCUT2D eigenvalue weighted by molar-refractivity contribution is 6.31. The van der Waals surface area contributed by atoms with Crippen LogP contribution in [0.3, 0.4) is 0 Å². The number of hydrogen-bond acceptors (Lipinski definition) is 3. The summed E-state index contributed by atoms with van der Waals surface area (Å²) in [7, 11) is 0. The lowest BCUT2D eigenvalue weighted by Crippen LogP contribution is -2.19. The molecule has 4 nitrogen and oxygen atoms in total. The molecule has 0 aliphatic rings. The van der Waals surface area contributed by atoms with Gasteiger partial charge in [0.1, 0.15) is 6.61 Å². The number of benzene rings is 2. The molecular formula is C18H16ClNO3. The molecule has 0 unspecified atom stereocenters. The van der Waals surface area contributed by atoms with Crippen LogP contribution in [0.25, 0.3) is 0 Å². The Morgan fingerprint density at radius 1 is 1.13 bits per heavy atom. The summed E-state index contributed by atoms with van der Waals surface area (Å²) in [5.41, 5.74) is 2.07. The van der Waals surface area contributed by atoms with Crippen LogP contribution in [0.5, 0.6) is 0 Å². The lowest BCUT2D eigenvalue weighted by atomic mass is 10.1. The molecule has 0 bridgehead atoms. The first kappa shape index (κ1) is 16.8. The fourth-order valence-electron chi connectivity index (χ4n) is 1.86. The van der Waals surface area contributed by atoms with Gasteiger partial charge in [-0.05, 0) is 29.8 Å². The van der Waals surface area contributed by atoms with Crippen LogP contribution in [0.2, 0.25) is 5.02 Å². The topological polar surface area (TPSA) is 55.4 Å². The van der Waals surface area contributed by atoms with Gasteiger partial charge in [-0.3, -0.25) is 4.79 Å². The summed E-state index contributed by atoms with van der Waals surface area (Å²) in [6.45, 7) is 3.87. The van der Waals surface area contributed by atoms with Crippen molar-refractivity contribution in [1.29, 1.82) is 0 Å². The maximum Gasteiger partial charge on any atom is 0.338 e. The standard InChI is InChI=1S/C18H16ClNO3/c1-2-17(21)20-11-13-7-9-14(10-8-13)18(22)23-12-15-5-3-4-6-16(15)19/h2-10H,1,11-12H2,(H,20,21). The zero-order valence-corrected chi connectivity index (χ0v) is 13.2. The van der Waals surface area contributed by atoms with Crippen LogP contribution in [-0.4, -0.2) is 11.9 Å². The molecule has 2 aromatic rings. The van der Waals surface area contributed by atoms with E-state index in [2.05, 4.69) is 11.9 Å². The van der Waals surface area contributed by atoms with Gasteiger partial charge in [0.05, 0.1) is 5.56 Å². The van der Waals surface area contributed by atoms with E-state index in [1.165, 1.54) is 6.08 Å². The fraction of sp³-hybridized carbons (Fsp3) is 0.111. The van der Waals surface area contributed by atoms with Crippen molar-refractivity contribution in [3.05, 3.63) is 82.9 Å². The third kappa shape index (κ3) is 4.97. The van der Waals surface area contributed by atoms with E-state index in [0.717, 1.165) is 11.1 Å². The lowest BCUT2D eigenvalue weighted by molar-refractivity contribution is -0.116. The van der Waals surface area contributed by atoms with Gasteiger partial charge in [-0.2, -0.15) is 0 Å². The fourth-order valence-corrected chi connectivity index (χ4v) is 2.05. The third-order valence-electron chi connectivity index (χ3n) is 3.16. The van der Waals surface area contributed by atoms with Crippen LogP contribution < -0.4 is 5.32 Å². The molecule has 1 amide bonds. The number of carbonyl (C=O) groups excluding carboxylic acids is 2. The Morgan fingerprint density at radius 2 is 1.83 bits per heavy atom. The maximum absolute atomic E-state index is 12.0. The predicted molar refractivity (Wildman–Crippen MR) is 89.1 cm³/mol. The monoisotopic (exact) mass is 329 g/mol. The zero-order valence-electron chi connectivity index (χ0n) is 12.4. The number of ether oxygens (including phenoxy) is 1. The summed E-state index contributed by atoms with van der Waals surface area (Å²) in [4.78, 5) is 23.1. The molecule has 2 aromatic carbocycles. The average molecular weight is 330 g/mol. The number of halogens is 1. The van der Waals surface area contributed by atoms with Crippen LogP contribution in [0.4, 0.5) is 0 Å². The largest absolute Gasteiger partial charge is 0.457 e. The number of hydrogen-bond donors (Lipinski definition) is 1. The van der Waals surface area contributed by atoms with Crippen LogP contribution in [0.1, 0.15) is 21.5 Å². The third-order valence-corrected chi connectivity index (χ3v) is 3.53. The Kier molecular flexibility index (Phi) is 5.94. The molecule has 0 aliphatic carbocycles. The van der Waals surface area contributed by atoms with Crippen molar-refractivity contribution in [3.63, 3.8) is 0 Å². The van der Waals surface area contributed by atoms with Gasteiger partial charge in [0.15, 0.2) is 0 Å². The van der Waals surface area contributed by atoms with Gasteiger partial charge in [0, 0.05) is 17.1 Å². The van der Waals surface area contributed by atoms with Crippen molar-refractivity contribution in [2.45, 2.75) is 13.2 Å². The highest BCUT2D eigenvalue weighted by Crippen LogP contribution is 2.16.